The Hall–Kier alpha value is -1.01. The van der Waals surface area contributed by atoms with Crippen LogP contribution in [0.15, 0.2) is 29.2 Å². The maximum atomic E-state index is 11.9. The fraction of sp³-hybridized carbons (Fsp3) is 0.538. The van der Waals surface area contributed by atoms with Crippen molar-refractivity contribution >= 4 is 22.7 Å². The standard InChI is InChI=1S/C10H14S.C3HF7O3S/c1-10(2,3)8-4-6-9(11)7-5-8;4-1(5,2(6,7)8)3(9,10)14(11,12)13/h4-7,11H,1-3H3;(H,11,12,13). The highest BCUT2D eigenvalue weighted by atomic mass is 32.2. The van der Waals surface area contributed by atoms with E-state index in [1.54, 1.807) is 0 Å². The van der Waals surface area contributed by atoms with Crippen LogP contribution in [0.25, 0.3) is 0 Å². The fourth-order valence-corrected chi connectivity index (χ4v) is 1.88. The van der Waals surface area contributed by atoms with Gasteiger partial charge in [-0.15, -0.1) is 12.6 Å². The second-order valence-corrected chi connectivity index (χ2v) is 7.84. The number of thiol groups is 1. The minimum absolute atomic E-state index is 0.251. The number of hydrogen-bond acceptors (Lipinski definition) is 3. The van der Waals surface area contributed by atoms with Crippen LogP contribution >= 0.6 is 12.6 Å². The predicted octanol–water partition coefficient (Wildman–Crippen LogP) is 4.94. The van der Waals surface area contributed by atoms with Gasteiger partial charge in [0.15, 0.2) is 0 Å². The average molecular weight is 416 g/mol. The van der Waals surface area contributed by atoms with Crippen molar-refractivity contribution in [2.75, 3.05) is 0 Å². The third-order valence-electron chi connectivity index (χ3n) is 2.78. The zero-order valence-electron chi connectivity index (χ0n) is 13.1. The molecule has 1 aromatic rings. The first kappa shape index (κ1) is 24.0. The van der Waals surface area contributed by atoms with Gasteiger partial charge < -0.3 is 0 Å². The van der Waals surface area contributed by atoms with Crippen LogP contribution in [-0.2, 0) is 15.5 Å². The molecule has 3 nitrogen and oxygen atoms in total. The summed E-state index contributed by atoms with van der Waals surface area (Å²) in [5, 5.41) is -6.61. The van der Waals surface area contributed by atoms with E-state index < -0.39 is 27.5 Å². The van der Waals surface area contributed by atoms with E-state index in [9.17, 15) is 39.2 Å². The summed E-state index contributed by atoms with van der Waals surface area (Å²) in [7, 11) is -6.85. The topological polar surface area (TPSA) is 54.4 Å². The lowest BCUT2D eigenvalue weighted by Crippen LogP contribution is -2.55. The van der Waals surface area contributed by atoms with E-state index in [1.807, 2.05) is 12.1 Å². The van der Waals surface area contributed by atoms with Gasteiger partial charge in [-0.25, -0.2) is 0 Å². The van der Waals surface area contributed by atoms with Crippen LogP contribution in [0.5, 0.6) is 0 Å². The van der Waals surface area contributed by atoms with Gasteiger partial charge in [-0.2, -0.15) is 39.2 Å². The molecule has 146 valence electrons. The Labute approximate surface area is 145 Å². The van der Waals surface area contributed by atoms with Crippen molar-refractivity contribution in [3.05, 3.63) is 29.8 Å². The van der Waals surface area contributed by atoms with Gasteiger partial charge in [-0.1, -0.05) is 32.9 Å². The van der Waals surface area contributed by atoms with Crippen LogP contribution in [0.1, 0.15) is 26.3 Å². The number of hydrogen-bond donors (Lipinski definition) is 2. The van der Waals surface area contributed by atoms with Gasteiger partial charge in [0.1, 0.15) is 0 Å². The molecule has 1 rings (SSSR count). The molecule has 0 heterocycles. The first-order valence-corrected chi connectivity index (χ1v) is 8.23. The van der Waals surface area contributed by atoms with Crippen LogP contribution in [0, 0.1) is 0 Å². The van der Waals surface area contributed by atoms with Crippen molar-refractivity contribution in [3.8, 4) is 0 Å². The van der Waals surface area contributed by atoms with E-state index in [2.05, 4.69) is 45.5 Å². The summed E-state index contributed by atoms with van der Waals surface area (Å²) < 4.78 is 108. The molecule has 0 saturated heterocycles. The van der Waals surface area contributed by atoms with E-state index >= 15 is 0 Å². The number of benzene rings is 1. The Morgan fingerprint density at radius 2 is 1.24 bits per heavy atom. The zero-order valence-corrected chi connectivity index (χ0v) is 14.8. The van der Waals surface area contributed by atoms with Gasteiger partial charge in [0.05, 0.1) is 0 Å². The second kappa shape index (κ2) is 7.31. The van der Waals surface area contributed by atoms with Crippen LogP contribution < -0.4 is 0 Å². The molecule has 0 aromatic heterocycles. The highest BCUT2D eigenvalue weighted by Crippen LogP contribution is 2.48. The predicted molar refractivity (Wildman–Crippen MR) is 79.9 cm³/mol. The summed E-state index contributed by atoms with van der Waals surface area (Å²) in [5.41, 5.74) is 1.61. The molecule has 0 saturated carbocycles. The molecule has 0 aliphatic rings. The fourth-order valence-electron chi connectivity index (χ4n) is 1.29. The molecule has 0 spiro atoms. The van der Waals surface area contributed by atoms with E-state index in [1.165, 1.54) is 5.56 Å². The quantitative estimate of drug-likeness (QED) is 0.408. The number of alkyl halides is 7. The molecule has 0 aliphatic heterocycles. The molecule has 0 aliphatic carbocycles. The van der Waals surface area contributed by atoms with Crippen LogP contribution in [-0.4, -0.2) is 30.3 Å². The van der Waals surface area contributed by atoms with Gasteiger partial charge in [0, 0.05) is 4.90 Å². The molecule has 12 heteroatoms. The molecule has 25 heavy (non-hydrogen) atoms. The minimum atomic E-state index is -6.85. The summed E-state index contributed by atoms with van der Waals surface area (Å²) in [5.74, 6) is -6.85. The van der Waals surface area contributed by atoms with Gasteiger partial charge >= 0.3 is 27.5 Å². The Morgan fingerprint density at radius 1 is 0.880 bits per heavy atom. The zero-order chi connectivity index (χ0) is 20.5. The Balaban J connectivity index is 0.000000472. The van der Waals surface area contributed by atoms with Crippen LogP contribution in [0.4, 0.5) is 30.7 Å². The lowest BCUT2D eigenvalue weighted by Gasteiger charge is -2.25. The first-order chi connectivity index (χ1) is 10.7. The lowest BCUT2D eigenvalue weighted by atomic mass is 9.87. The van der Waals surface area contributed by atoms with Crippen LogP contribution in [0.2, 0.25) is 0 Å². The second-order valence-electron chi connectivity index (χ2n) is 5.86. The smallest absolute Gasteiger partial charge is 0.281 e. The molecular formula is C13H15F7O3S2. The molecule has 1 aromatic carbocycles. The molecule has 0 amide bonds. The normalized spacial score (nSPS) is 13.9. The number of rotatable bonds is 2. The molecular weight excluding hydrogens is 401 g/mol. The highest BCUT2D eigenvalue weighted by Gasteiger charge is 2.78. The van der Waals surface area contributed by atoms with Gasteiger partial charge in [-0.05, 0) is 23.1 Å². The van der Waals surface area contributed by atoms with Crippen molar-refractivity contribution < 1.29 is 43.7 Å². The summed E-state index contributed by atoms with van der Waals surface area (Å²) in [6, 6.07) is 8.32. The van der Waals surface area contributed by atoms with Crippen LogP contribution in [0.3, 0.4) is 0 Å². The third-order valence-corrected chi connectivity index (χ3v) is 3.98. The summed E-state index contributed by atoms with van der Waals surface area (Å²) in [4.78, 5) is 1.03. The number of halogens is 7. The van der Waals surface area contributed by atoms with Crippen molar-refractivity contribution in [1.29, 1.82) is 0 Å². The van der Waals surface area contributed by atoms with Gasteiger partial charge in [0.25, 0.3) is 0 Å². The Kier molecular flexibility index (Phi) is 7.02. The molecule has 0 atom stereocenters. The third kappa shape index (κ3) is 5.74. The van der Waals surface area contributed by atoms with E-state index in [0.717, 1.165) is 4.90 Å². The maximum Gasteiger partial charge on any atom is 0.461 e. The van der Waals surface area contributed by atoms with Gasteiger partial charge in [0.2, 0.25) is 0 Å². The molecule has 0 unspecified atom stereocenters. The molecule has 0 bridgehead atoms. The molecule has 0 radical (unpaired) electrons. The van der Waals surface area contributed by atoms with E-state index in [-0.39, 0.29) is 5.41 Å². The summed E-state index contributed by atoms with van der Waals surface area (Å²) >= 11 is 4.23. The monoisotopic (exact) mass is 416 g/mol. The van der Waals surface area contributed by atoms with Crippen molar-refractivity contribution in [2.24, 2.45) is 0 Å². The molecule has 0 fully saturated rings. The Bertz CT molecular complexity index is 675. The SMILES string of the molecule is CC(C)(C)c1ccc(S)cc1.O=S(=O)(O)C(F)(F)C(F)(F)C(F)(F)F. The van der Waals surface area contributed by atoms with Crippen molar-refractivity contribution in [2.45, 2.75) is 48.4 Å². The summed E-state index contributed by atoms with van der Waals surface area (Å²) in [6.45, 7) is 6.63. The molecule has 1 N–H and O–H groups in total. The Morgan fingerprint density at radius 3 is 1.44 bits per heavy atom. The minimum Gasteiger partial charge on any atom is -0.281 e. The first-order valence-electron chi connectivity index (χ1n) is 6.34. The lowest BCUT2D eigenvalue weighted by molar-refractivity contribution is -0.333. The largest absolute Gasteiger partial charge is 0.461 e. The average Bonchev–Trinajstić information content (AvgIpc) is 2.35. The van der Waals surface area contributed by atoms with Gasteiger partial charge in [-0.3, -0.25) is 4.55 Å². The van der Waals surface area contributed by atoms with E-state index in [4.69, 9.17) is 4.55 Å². The maximum absolute atomic E-state index is 11.9. The van der Waals surface area contributed by atoms with Crippen molar-refractivity contribution in [1.82, 2.24) is 0 Å². The highest BCUT2D eigenvalue weighted by molar-refractivity contribution is 7.87. The van der Waals surface area contributed by atoms with Crippen molar-refractivity contribution in [3.63, 3.8) is 0 Å². The van der Waals surface area contributed by atoms with E-state index in [0.29, 0.717) is 0 Å². The summed E-state index contributed by atoms with van der Waals surface area (Å²) in [6.07, 6.45) is -6.79.